The molecule has 1 N–H and O–H groups in total. The number of hydrogen-bond acceptors (Lipinski definition) is 3. The average molecular weight is 491 g/mol. The van der Waals surface area contributed by atoms with Crippen LogP contribution in [0, 0.1) is 5.82 Å². The molecule has 160 valence electrons. The Morgan fingerprint density at radius 2 is 1.66 bits per heavy atom. The Morgan fingerprint density at radius 3 is 2.44 bits per heavy atom. The summed E-state index contributed by atoms with van der Waals surface area (Å²) < 4.78 is 20.1. The van der Waals surface area contributed by atoms with E-state index in [0.717, 1.165) is 26.4 Å². The number of hydrogen-bond donors (Lipinski definition) is 1. The van der Waals surface area contributed by atoms with E-state index < -0.39 is 0 Å². The minimum absolute atomic E-state index is 0.111. The molecule has 0 aliphatic rings. The lowest BCUT2D eigenvalue weighted by Crippen LogP contribution is -2.19. The van der Waals surface area contributed by atoms with Crippen LogP contribution in [0.2, 0.25) is 0 Å². The second-order valence-corrected chi connectivity index (χ2v) is 8.13. The van der Waals surface area contributed by atoms with E-state index >= 15 is 0 Å². The lowest BCUT2D eigenvalue weighted by atomic mass is 10.0. The van der Waals surface area contributed by atoms with Crippen molar-refractivity contribution in [3.63, 3.8) is 0 Å². The molecule has 0 saturated heterocycles. The van der Waals surface area contributed by atoms with Crippen molar-refractivity contribution >= 4 is 38.8 Å². The molecule has 4 rings (SSSR count). The Balaban J connectivity index is 1.51. The first-order chi connectivity index (χ1) is 15.6. The molecule has 6 heteroatoms. The van der Waals surface area contributed by atoms with Gasteiger partial charge in [-0.1, -0.05) is 70.5 Å². The molecule has 0 unspecified atom stereocenters. The van der Waals surface area contributed by atoms with E-state index in [2.05, 4.69) is 26.5 Å². The SMILES string of the molecule is O=C(Cc1ccc(F)cc1)N/N=C/c1c(OCc2ccc(Br)cc2)ccc2ccccc12. The van der Waals surface area contributed by atoms with Crippen LogP contribution in [-0.4, -0.2) is 12.1 Å². The number of ether oxygens (including phenoxy) is 1. The van der Waals surface area contributed by atoms with Gasteiger partial charge in [-0.3, -0.25) is 4.79 Å². The van der Waals surface area contributed by atoms with Gasteiger partial charge in [0.2, 0.25) is 5.91 Å². The Bertz CT molecular complexity index is 1260. The third-order valence-electron chi connectivity index (χ3n) is 4.90. The van der Waals surface area contributed by atoms with E-state index in [1.165, 1.54) is 12.1 Å². The molecule has 4 nitrogen and oxygen atoms in total. The summed E-state index contributed by atoms with van der Waals surface area (Å²) in [7, 11) is 0. The summed E-state index contributed by atoms with van der Waals surface area (Å²) in [6.45, 7) is 0.406. The summed E-state index contributed by atoms with van der Waals surface area (Å²) >= 11 is 3.43. The van der Waals surface area contributed by atoms with Crippen LogP contribution in [0.5, 0.6) is 5.75 Å². The molecule has 1 amide bonds. The zero-order valence-electron chi connectivity index (χ0n) is 17.1. The second kappa shape index (κ2) is 10.2. The van der Waals surface area contributed by atoms with Gasteiger partial charge in [-0.2, -0.15) is 5.10 Å². The van der Waals surface area contributed by atoms with Crippen LogP contribution < -0.4 is 10.2 Å². The highest BCUT2D eigenvalue weighted by atomic mass is 79.9. The number of rotatable bonds is 7. The van der Waals surface area contributed by atoms with Crippen molar-refractivity contribution < 1.29 is 13.9 Å². The molecule has 0 fully saturated rings. The van der Waals surface area contributed by atoms with Gasteiger partial charge in [-0.25, -0.2) is 9.82 Å². The minimum atomic E-state index is -0.334. The number of amides is 1. The molecular formula is C26H20BrFN2O2. The average Bonchev–Trinajstić information content (AvgIpc) is 2.81. The first-order valence-electron chi connectivity index (χ1n) is 10.0. The van der Waals surface area contributed by atoms with Gasteiger partial charge in [-0.05, 0) is 52.2 Å². The maximum Gasteiger partial charge on any atom is 0.244 e. The van der Waals surface area contributed by atoms with Gasteiger partial charge in [0.15, 0.2) is 0 Å². The molecule has 0 saturated carbocycles. The summed E-state index contributed by atoms with van der Waals surface area (Å²) in [5.41, 5.74) is 5.07. The lowest BCUT2D eigenvalue weighted by molar-refractivity contribution is -0.120. The maximum absolute atomic E-state index is 13.0. The summed E-state index contributed by atoms with van der Waals surface area (Å²) in [5.74, 6) is 0.0485. The fraction of sp³-hybridized carbons (Fsp3) is 0.0769. The Labute approximate surface area is 193 Å². The zero-order chi connectivity index (χ0) is 22.3. The van der Waals surface area contributed by atoms with Crippen molar-refractivity contribution in [3.8, 4) is 5.75 Å². The predicted molar refractivity (Wildman–Crippen MR) is 128 cm³/mol. The third kappa shape index (κ3) is 5.59. The summed E-state index contributed by atoms with van der Waals surface area (Å²) in [4.78, 5) is 12.2. The number of nitrogens with zero attached hydrogens (tertiary/aromatic N) is 1. The Kier molecular flexibility index (Phi) is 6.92. The molecule has 0 spiro atoms. The highest BCUT2D eigenvalue weighted by molar-refractivity contribution is 9.10. The van der Waals surface area contributed by atoms with Crippen LogP contribution in [0.3, 0.4) is 0 Å². The molecule has 0 heterocycles. The number of nitrogens with one attached hydrogen (secondary N) is 1. The quantitative estimate of drug-likeness (QED) is 0.254. The fourth-order valence-electron chi connectivity index (χ4n) is 3.27. The lowest BCUT2D eigenvalue weighted by Gasteiger charge is -2.12. The molecule has 4 aromatic rings. The topological polar surface area (TPSA) is 50.7 Å². The zero-order valence-corrected chi connectivity index (χ0v) is 18.7. The minimum Gasteiger partial charge on any atom is -0.488 e. The maximum atomic E-state index is 13.0. The van der Waals surface area contributed by atoms with Crippen molar-refractivity contribution in [1.29, 1.82) is 0 Å². The van der Waals surface area contributed by atoms with Crippen LogP contribution in [0.1, 0.15) is 16.7 Å². The molecule has 0 atom stereocenters. The molecule has 0 aromatic heterocycles. The monoisotopic (exact) mass is 490 g/mol. The first-order valence-corrected chi connectivity index (χ1v) is 10.8. The van der Waals surface area contributed by atoms with Crippen LogP contribution >= 0.6 is 15.9 Å². The first kappa shape index (κ1) is 21.7. The number of benzene rings is 4. The Hall–Kier alpha value is -3.51. The van der Waals surface area contributed by atoms with E-state index in [1.54, 1.807) is 18.3 Å². The normalized spacial score (nSPS) is 11.1. The smallest absolute Gasteiger partial charge is 0.244 e. The molecule has 0 radical (unpaired) electrons. The van der Waals surface area contributed by atoms with Gasteiger partial charge in [-0.15, -0.1) is 0 Å². The molecule has 4 aromatic carbocycles. The number of hydrazone groups is 1. The number of carbonyl (C=O) groups excluding carboxylic acids is 1. The predicted octanol–water partition coefficient (Wildman–Crippen LogP) is 6.01. The van der Waals surface area contributed by atoms with Gasteiger partial charge in [0.25, 0.3) is 0 Å². The van der Waals surface area contributed by atoms with Crippen molar-refractivity contribution in [1.82, 2.24) is 5.43 Å². The molecule has 0 aliphatic heterocycles. The molecule has 0 aliphatic carbocycles. The van der Waals surface area contributed by atoms with Gasteiger partial charge in [0.05, 0.1) is 12.6 Å². The third-order valence-corrected chi connectivity index (χ3v) is 5.43. The van der Waals surface area contributed by atoms with E-state index in [-0.39, 0.29) is 18.1 Å². The van der Waals surface area contributed by atoms with Crippen LogP contribution in [0.25, 0.3) is 10.8 Å². The molecular weight excluding hydrogens is 471 g/mol. The number of fused-ring (bicyclic) bond motifs is 1. The summed E-state index contributed by atoms with van der Waals surface area (Å²) in [6, 6.07) is 25.6. The number of halogens is 2. The van der Waals surface area contributed by atoms with Crippen molar-refractivity contribution in [2.45, 2.75) is 13.0 Å². The Morgan fingerprint density at radius 1 is 0.938 bits per heavy atom. The molecule has 0 bridgehead atoms. The van der Waals surface area contributed by atoms with Gasteiger partial charge in [0.1, 0.15) is 18.2 Å². The highest BCUT2D eigenvalue weighted by Gasteiger charge is 2.09. The van der Waals surface area contributed by atoms with Gasteiger partial charge in [0, 0.05) is 10.0 Å². The van der Waals surface area contributed by atoms with E-state index in [9.17, 15) is 9.18 Å². The van der Waals surface area contributed by atoms with E-state index in [1.807, 2.05) is 60.7 Å². The van der Waals surface area contributed by atoms with Crippen molar-refractivity contribution in [3.05, 3.63) is 112 Å². The van der Waals surface area contributed by atoms with Crippen molar-refractivity contribution in [2.24, 2.45) is 5.10 Å². The van der Waals surface area contributed by atoms with Crippen molar-refractivity contribution in [2.75, 3.05) is 0 Å². The fourth-order valence-corrected chi connectivity index (χ4v) is 3.54. The van der Waals surface area contributed by atoms with Crippen LogP contribution in [-0.2, 0) is 17.8 Å². The number of carbonyl (C=O) groups is 1. The largest absolute Gasteiger partial charge is 0.488 e. The molecule has 32 heavy (non-hydrogen) atoms. The van der Waals surface area contributed by atoms with Gasteiger partial charge < -0.3 is 4.74 Å². The van der Waals surface area contributed by atoms with Crippen LogP contribution in [0.4, 0.5) is 4.39 Å². The van der Waals surface area contributed by atoms with Crippen LogP contribution in [0.15, 0.2) is 94.5 Å². The van der Waals surface area contributed by atoms with Gasteiger partial charge >= 0.3 is 0 Å². The summed E-state index contributed by atoms with van der Waals surface area (Å²) in [6.07, 6.45) is 1.71. The second-order valence-electron chi connectivity index (χ2n) is 7.21. The summed E-state index contributed by atoms with van der Waals surface area (Å²) in [5, 5.41) is 6.16. The van der Waals surface area contributed by atoms with E-state index in [0.29, 0.717) is 17.9 Å². The van der Waals surface area contributed by atoms with E-state index in [4.69, 9.17) is 4.74 Å². The standard InChI is InChI=1S/C26H20BrFN2O2/c27-21-10-5-19(6-11-21)17-32-25-14-9-20-3-1-2-4-23(20)24(25)16-29-30-26(31)15-18-7-12-22(28)13-8-18/h1-14,16H,15,17H2,(H,30,31)/b29-16+. The highest BCUT2D eigenvalue weighted by Crippen LogP contribution is 2.27.